The molecule has 1 N–H and O–H groups in total. The van der Waals surface area contributed by atoms with Gasteiger partial charge in [0.1, 0.15) is 5.83 Å². The Bertz CT molecular complexity index is 422. The number of carboxylic acids is 1. The summed E-state index contributed by atoms with van der Waals surface area (Å²) in [6, 6.07) is 0. The highest BCUT2D eigenvalue weighted by Gasteiger charge is 2.64. The first-order chi connectivity index (χ1) is 7.62. The number of rotatable bonds is 3. The number of carbonyl (C=O) groups is 1. The summed E-state index contributed by atoms with van der Waals surface area (Å²) in [6.45, 7) is 3.91. The van der Waals surface area contributed by atoms with Crippen molar-refractivity contribution in [2.75, 3.05) is 0 Å². The van der Waals surface area contributed by atoms with Gasteiger partial charge in [0, 0.05) is 5.92 Å². The second kappa shape index (κ2) is 4.37. The first kappa shape index (κ1) is 14.1. The average Bonchev–Trinajstić information content (AvgIpc) is 2.78. The molecular weight excluding hydrogens is 257 g/mol. The zero-order valence-electron chi connectivity index (χ0n) is 9.52. The van der Waals surface area contributed by atoms with Crippen LogP contribution in [0.2, 0.25) is 0 Å². The third kappa shape index (κ3) is 2.34. The maximum Gasteiger partial charge on any atom is 0.307 e. The van der Waals surface area contributed by atoms with E-state index >= 15 is 0 Å². The number of carboxylic acid groups (broad SMARTS) is 1. The Kier molecular flexibility index (Phi) is 3.62. The Morgan fingerprint density at radius 3 is 1.94 bits per heavy atom. The fraction of sp³-hybridized carbons (Fsp3) is 0.545. The van der Waals surface area contributed by atoms with Crippen molar-refractivity contribution in [3.05, 3.63) is 22.5 Å². The van der Waals surface area contributed by atoms with Crippen molar-refractivity contribution < 1.29 is 23.1 Å². The van der Waals surface area contributed by atoms with Gasteiger partial charge in [-0.15, -0.1) is 0 Å². The maximum absolute atomic E-state index is 13.4. The van der Waals surface area contributed by atoms with Crippen LogP contribution in [0.15, 0.2) is 22.5 Å². The molecular formula is C11H12ClF3O2. The van der Waals surface area contributed by atoms with E-state index in [2.05, 4.69) is 0 Å². The van der Waals surface area contributed by atoms with Crippen molar-refractivity contribution in [2.24, 2.45) is 17.3 Å². The molecule has 96 valence electrons. The van der Waals surface area contributed by atoms with E-state index in [-0.39, 0.29) is 0 Å². The van der Waals surface area contributed by atoms with E-state index < -0.39 is 45.7 Å². The minimum atomic E-state index is -1.68. The van der Waals surface area contributed by atoms with Crippen molar-refractivity contribution in [1.29, 1.82) is 0 Å². The van der Waals surface area contributed by atoms with Gasteiger partial charge >= 0.3 is 5.97 Å². The van der Waals surface area contributed by atoms with Crippen LogP contribution in [-0.4, -0.2) is 11.1 Å². The van der Waals surface area contributed by atoms with Crippen LogP contribution in [0.25, 0.3) is 0 Å². The van der Waals surface area contributed by atoms with Gasteiger partial charge in [-0.1, -0.05) is 25.4 Å². The predicted molar refractivity (Wildman–Crippen MR) is 57.3 cm³/mol. The maximum atomic E-state index is 13.4. The van der Waals surface area contributed by atoms with Crippen molar-refractivity contribution in [3.8, 4) is 0 Å². The molecule has 6 heteroatoms. The van der Waals surface area contributed by atoms with Crippen LogP contribution in [0.5, 0.6) is 0 Å². The summed E-state index contributed by atoms with van der Waals surface area (Å²) in [7, 11) is 0. The van der Waals surface area contributed by atoms with Crippen molar-refractivity contribution >= 4 is 17.6 Å². The number of hydrogen-bond donors (Lipinski definition) is 1. The smallest absolute Gasteiger partial charge is 0.307 e. The normalized spacial score (nSPS) is 29.4. The lowest BCUT2D eigenvalue weighted by Crippen LogP contribution is -2.03. The summed E-state index contributed by atoms with van der Waals surface area (Å²) in [5, 5.41) is 8.28. The van der Waals surface area contributed by atoms with Gasteiger partial charge in [-0.05, 0) is 12.3 Å². The molecule has 2 atom stereocenters. The van der Waals surface area contributed by atoms with E-state index in [4.69, 9.17) is 16.7 Å². The predicted octanol–water partition coefficient (Wildman–Crippen LogP) is 3.93. The molecule has 2 unspecified atom stereocenters. The van der Waals surface area contributed by atoms with E-state index in [1.807, 2.05) is 0 Å². The lowest BCUT2D eigenvalue weighted by molar-refractivity contribution is -0.139. The van der Waals surface area contributed by atoms with E-state index in [9.17, 15) is 18.0 Å². The molecule has 1 saturated carbocycles. The SMILES string of the molecule is C/C(F)=C(F)/C(F)=C(\Cl)C1C(C(=O)O)C1(C)C. The summed E-state index contributed by atoms with van der Waals surface area (Å²) in [6.07, 6.45) is 0. The molecule has 0 bridgehead atoms. The first-order valence-electron chi connectivity index (χ1n) is 4.92. The van der Waals surface area contributed by atoms with Gasteiger partial charge in [-0.3, -0.25) is 4.79 Å². The topological polar surface area (TPSA) is 37.3 Å². The van der Waals surface area contributed by atoms with Gasteiger partial charge in [0.2, 0.25) is 0 Å². The minimum Gasteiger partial charge on any atom is -0.481 e. The zero-order chi connectivity index (χ0) is 13.5. The van der Waals surface area contributed by atoms with E-state index in [0.717, 1.165) is 6.92 Å². The number of halogens is 4. The van der Waals surface area contributed by atoms with Crippen molar-refractivity contribution in [2.45, 2.75) is 20.8 Å². The minimum absolute atomic E-state index is 0.572. The summed E-state index contributed by atoms with van der Waals surface area (Å²) in [5.74, 6) is -7.37. The van der Waals surface area contributed by atoms with Crippen LogP contribution in [0, 0.1) is 17.3 Å². The summed E-state index contributed by atoms with van der Waals surface area (Å²) < 4.78 is 38.9. The van der Waals surface area contributed by atoms with Crippen LogP contribution in [0.4, 0.5) is 13.2 Å². The van der Waals surface area contributed by atoms with Gasteiger partial charge in [-0.25, -0.2) is 13.2 Å². The molecule has 2 nitrogen and oxygen atoms in total. The Hall–Kier alpha value is -0.970. The van der Waals surface area contributed by atoms with Crippen LogP contribution in [-0.2, 0) is 4.79 Å². The molecule has 0 radical (unpaired) electrons. The van der Waals surface area contributed by atoms with Gasteiger partial charge < -0.3 is 5.11 Å². The highest BCUT2D eigenvalue weighted by atomic mass is 35.5. The van der Waals surface area contributed by atoms with Crippen molar-refractivity contribution in [3.63, 3.8) is 0 Å². The van der Waals surface area contributed by atoms with Gasteiger partial charge in [-0.2, -0.15) is 0 Å². The number of hydrogen-bond acceptors (Lipinski definition) is 1. The Morgan fingerprint density at radius 2 is 1.65 bits per heavy atom. The van der Waals surface area contributed by atoms with Gasteiger partial charge in [0.25, 0.3) is 0 Å². The molecule has 0 heterocycles. The molecule has 0 aliphatic heterocycles. The van der Waals surface area contributed by atoms with Crippen LogP contribution in [0.3, 0.4) is 0 Å². The summed E-state index contributed by atoms with van der Waals surface area (Å²) in [4.78, 5) is 10.8. The molecule has 0 saturated heterocycles. The number of allylic oxidation sites excluding steroid dienone is 4. The monoisotopic (exact) mass is 268 g/mol. The third-order valence-electron chi connectivity index (χ3n) is 3.07. The molecule has 0 aromatic heterocycles. The lowest BCUT2D eigenvalue weighted by atomic mass is 10.1. The fourth-order valence-corrected chi connectivity index (χ4v) is 2.45. The van der Waals surface area contributed by atoms with E-state index in [0.29, 0.717) is 0 Å². The highest BCUT2D eigenvalue weighted by Crippen LogP contribution is 2.63. The molecule has 0 amide bonds. The zero-order valence-corrected chi connectivity index (χ0v) is 10.3. The van der Waals surface area contributed by atoms with Gasteiger partial charge in [0.15, 0.2) is 11.7 Å². The molecule has 0 aromatic carbocycles. The Morgan fingerprint density at radius 1 is 1.18 bits per heavy atom. The fourth-order valence-electron chi connectivity index (χ4n) is 1.96. The summed E-state index contributed by atoms with van der Waals surface area (Å²) >= 11 is 5.59. The Balaban J connectivity index is 3.09. The molecule has 0 aromatic rings. The molecule has 17 heavy (non-hydrogen) atoms. The highest BCUT2D eigenvalue weighted by molar-refractivity contribution is 6.31. The third-order valence-corrected chi connectivity index (χ3v) is 3.47. The van der Waals surface area contributed by atoms with E-state index in [1.165, 1.54) is 0 Å². The molecule has 1 fully saturated rings. The molecule has 1 aliphatic carbocycles. The first-order valence-corrected chi connectivity index (χ1v) is 5.30. The van der Waals surface area contributed by atoms with Crippen molar-refractivity contribution in [1.82, 2.24) is 0 Å². The van der Waals surface area contributed by atoms with Crippen LogP contribution < -0.4 is 0 Å². The van der Waals surface area contributed by atoms with Crippen LogP contribution >= 0.6 is 11.6 Å². The van der Waals surface area contributed by atoms with E-state index in [1.54, 1.807) is 13.8 Å². The standard InChI is InChI=1S/C11H12ClF3O2/c1-4(13)8(14)9(15)7(12)5-6(10(16)17)11(5,2)3/h5-6H,1-3H3,(H,16,17)/b8-4+,9-7+. The second-order valence-corrected chi connectivity index (χ2v) is 5.03. The van der Waals surface area contributed by atoms with Gasteiger partial charge in [0.05, 0.1) is 11.0 Å². The molecule has 1 aliphatic rings. The second-order valence-electron chi connectivity index (χ2n) is 4.62. The molecule has 1 rings (SSSR count). The quantitative estimate of drug-likeness (QED) is 0.788. The number of aliphatic carboxylic acids is 1. The van der Waals surface area contributed by atoms with Crippen LogP contribution in [0.1, 0.15) is 20.8 Å². The summed E-state index contributed by atoms with van der Waals surface area (Å²) in [5.41, 5.74) is -0.759. The Labute approximate surface area is 102 Å². The molecule has 0 spiro atoms. The lowest BCUT2D eigenvalue weighted by Gasteiger charge is -2.02. The average molecular weight is 269 g/mol. The largest absolute Gasteiger partial charge is 0.481 e.